The van der Waals surface area contributed by atoms with Crippen molar-refractivity contribution >= 4 is 10.9 Å². The summed E-state index contributed by atoms with van der Waals surface area (Å²) in [5, 5.41) is 1.04. The average molecular weight is 217 g/mol. The molecule has 0 radical (unpaired) electrons. The molecule has 84 valence electrons. The van der Waals surface area contributed by atoms with Gasteiger partial charge in [-0.1, -0.05) is 0 Å². The Bertz CT molecular complexity index is 497. The topological polar surface area (TPSA) is 61.0 Å². The number of methoxy groups -OCH3 is 1. The molecule has 2 aromatic rings. The van der Waals surface area contributed by atoms with Crippen molar-refractivity contribution in [1.82, 2.24) is 9.97 Å². The summed E-state index contributed by atoms with van der Waals surface area (Å²) in [5.74, 6) is 0.804. The molecule has 1 atom stereocenters. The molecule has 1 unspecified atom stereocenters. The molecule has 2 rings (SSSR count). The lowest BCUT2D eigenvalue weighted by atomic mass is 10.1. The quantitative estimate of drug-likeness (QED) is 0.847. The van der Waals surface area contributed by atoms with E-state index in [-0.39, 0.29) is 6.04 Å². The maximum Gasteiger partial charge on any atom is 0.121 e. The molecule has 0 aliphatic heterocycles. The van der Waals surface area contributed by atoms with E-state index in [2.05, 4.69) is 9.97 Å². The number of rotatable bonds is 3. The first-order chi connectivity index (χ1) is 7.70. The molecule has 0 bridgehead atoms. The van der Waals surface area contributed by atoms with E-state index in [1.807, 2.05) is 25.1 Å². The minimum absolute atomic E-state index is 0.0974. The second-order valence-corrected chi connectivity index (χ2v) is 3.88. The molecule has 0 aliphatic carbocycles. The van der Waals surface area contributed by atoms with E-state index in [4.69, 9.17) is 10.5 Å². The summed E-state index contributed by atoms with van der Waals surface area (Å²) in [5.41, 5.74) is 7.67. The minimum Gasteiger partial charge on any atom is -0.497 e. The Kier molecular flexibility index (Phi) is 3.01. The molecular formula is C12H15N3O. The van der Waals surface area contributed by atoms with Gasteiger partial charge in [-0.25, -0.2) is 9.97 Å². The van der Waals surface area contributed by atoms with Crippen LogP contribution in [0.5, 0.6) is 5.75 Å². The minimum atomic E-state index is 0.0974. The average Bonchev–Trinajstić information content (AvgIpc) is 2.28. The van der Waals surface area contributed by atoms with E-state index in [0.29, 0.717) is 0 Å². The van der Waals surface area contributed by atoms with Gasteiger partial charge in [0.15, 0.2) is 0 Å². The predicted molar refractivity (Wildman–Crippen MR) is 63.4 cm³/mol. The smallest absolute Gasteiger partial charge is 0.121 e. The Balaban J connectivity index is 2.51. The van der Waals surface area contributed by atoms with Crippen LogP contribution in [0.25, 0.3) is 10.9 Å². The zero-order chi connectivity index (χ0) is 11.5. The summed E-state index contributed by atoms with van der Waals surface area (Å²) in [6.45, 7) is 1.97. The molecule has 1 heterocycles. The molecule has 16 heavy (non-hydrogen) atoms. The Hall–Kier alpha value is -1.68. The fourth-order valence-corrected chi connectivity index (χ4v) is 1.69. The molecule has 0 spiro atoms. The molecule has 0 saturated carbocycles. The Morgan fingerprint density at radius 3 is 2.88 bits per heavy atom. The van der Waals surface area contributed by atoms with Gasteiger partial charge in [0.05, 0.1) is 18.3 Å². The first-order valence-corrected chi connectivity index (χ1v) is 5.24. The summed E-state index contributed by atoms with van der Waals surface area (Å²) in [4.78, 5) is 8.50. The van der Waals surface area contributed by atoms with Gasteiger partial charge in [-0.05, 0) is 19.1 Å². The molecule has 0 fully saturated rings. The van der Waals surface area contributed by atoms with Crippen LogP contribution in [-0.2, 0) is 6.42 Å². The van der Waals surface area contributed by atoms with Crippen LogP contribution >= 0.6 is 0 Å². The predicted octanol–water partition coefficient (Wildman–Crippen LogP) is 1.53. The van der Waals surface area contributed by atoms with Crippen molar-refractivity contribution in [3.63, 3.8) is 0 Å². The number of fused-ring (bicyclic) bond motifs is 1. The van der Waals surface area contributed by atoms with Crippen LogP contribution in [0.15, 0.2) is 24.5 Å². The first kappa shape index (κ1) is 10.8. The number of benzene rings is 1. The maximum absolute atomic E-state index is 5.79. The zero-order valence-electron chi connectivity index (χ0n) is 9.47. The highest BCUT2D eigenvalue weighted by Crippen LogP contribution is 2.21. The third kappa shape index (κ3) is 2.12. The van der Waals surface area contributed by atoms with Crippen LogP contribution < -0.4 is 10.5 Å². The summed E-state index contributed by atoms with van der Waals surface area (Å²) in [7, 11) is 1.64. The Morgan fingerprint density at radius 1 is 1.38 bits per heavy atom. The monoisotopic (exact) mass is 217 g/mol. The highest BCUT2D eigenvalue weighted by Gasteiger charge is 2.06. The normalized spacial score (nSPS) is 12.7. The van der Waals surface area contributed by atoms with E-state index in [9.17, 15) is 0 Å². The molecule has 4 heteroatoms. The van der Waals surface area contributed by atoms with Gasteiger partial charge < -0.3 is 10.5 Å². The van der Waals surface area contributed by atoms with Crippen molar-refractivity contribution in [2.45, 2.75) is 19.4 Å². The van der Waals surface area contributed by atoms with Crippen LogP contribution in [0.3, 0.4) is 0 Å². The van der Waals surface area contributed by atoms with Crippen molar-refractivity contribution in [1.29, 1.82) is 0 Å². The maximum atomic E-state index is 5.79. The largest absolute Gasteiger partial charge is 0.497 e. The van der Waals surface area contributed by atoms with Gasteiger partial charge in [-0.2, -0.15) is 0 Å². The van der Waals surface area contributed by atoms with E-state index in [1.54, 1.807) is 13.4 Å². The molecule has 0 aliphatic rings. The lowest BCUT2D eigenvalue weighted by Crippen LogP contribution is -2.18. The van der Waals surface area contributed by atoms with E-state index < -0.39 is 0 Å². The molecule has 1 aromatic heterocycles. The van der Waals surface area contributed by atoms with E-state index in [1.165, 1.54) is 0 Å². The van der Waals surface area contributed by atoms with Crippen molar-refractivity contribution in [3.05, 3.63) is 30.2 Å². The van der Waals surface area contributed by atoms with Crippen LogP contribution in [0.1, 0.15) is 12.6 Å². The number of hydrogen-bond donors (Lipinski definition) is 1. The molecular weight excluding hydrogens is 202 g/mol. The Labute approximate surface area is 94.5 Å². The number of nitrogens with zero attached hydrogens (tertiary/aromatic N) is 2. The summed E-state index contributed by atoms with van der Waals surface area (Å²) in [6, 6.07) is 5.89. The van der Waals surface area contributed by atoms with Gasteiger partial charge in [0.1, 0.15) is 12.1 Å². The van der Waals surface area contributed by atoms with Gasteiger partial charge in [-0.15, -0.1) is 0 Å². The SMILES string of the molecule is COc1ccc2c(CC(C)N)ncnc2c1. The van der Waals surface area contributed by atoms with Crippen molar-refractivity contribution in [2.24, 2.45) is 5.73 Å². The fourth-order valence-electron chi connectivity index (χ4n) is 1.69. The van der Waals surface area contributed by atoms with Crippen LogP contribution in [-0.4, -0.2) is 23.1 Å². The summed E-state index contributed by atoms with van der Waals surface area (Å²) >= 11 is 0. The second-order valence-electron chi connectivity index (χ2n) is 3.88. The number of nitrogens with two attached hydrogens (primary N) is 1. The van der Waals surface area contributed by atoms with Crippen LogP contribution in [0.4, 0.5) is 0 Å². The highest BCUT2D eigenvalue weighted by atomic mass is 16.5. The van der Waals surface area contributed by atoms with Crippen molar-refractivity contribution in [3.8, 4) is 5.75 Å². The first-order valence-electron chi connectivity index (χ1n) is 5.24. The molecule has 0 saturated heterocycles. The lowest BCUT2D eigenvalue weighted by Gasteiger charge is -2.08. The van der Waals surface area contributed by atoms with Crippen LogP contribution in [0, 0.1) is 0 Å². The molecule has 2 N–H and O–H groups in total. The molecule has 4 nitrogen and oxygen atoms in total. The second kappa shape index (κ2) is 4.45. The van der Waals surface area contributed by atoms with Crippen molar-refractivity contribution in [2.75, 3.05) is 7.11 Å². The van der Waals surface area contributed by atoms with E-state index >= 15 is 0 Å². The summed E-state index contributed by atoms with van der Waals surface area (Å²) < 4.78 is 5.16. The molecule has 0 amide bonds. The van der Waals surface area contributed by atoms with Crippen LogP contribution in [0.2, 0.25) is 0 Å². The van der Waals surface area contributed by atoms with Gasteiger partial charge in [-0.3, -0.25) is 0 Å². The lowest BCUT2D eigenvalue weighted by molar-refractivity contribution is 0.415. The van der Waals surface area contributed by atoms with Gasteiger partial charge >= 0.3 is 0 Å². The standard InChI is InChI=1S/C12H15N3O/c1-8(13)5-11-10-4-3-9(16-2)6-12(10)15-7-14-11/h3-4,6-8H,5,13H2,1-2H3. The fraction of sp³-hybridized carbons (Fsp3) is 0.333. The highest BCUT2D eigenvalue weighted by molar-refractivity contribution is 5.82. The van der Waals surface area contributed by atoms with Gasteiger partial charge in [0.25, 0.3) is 0 Å². The Morgan fingerprint density at radius 2 is 2.19 bits per heavy atom. The van der Waals surface area contributed by atoms with Gasteiger partial charge in [0.2, 0.25) is 0 Å². The van der Waals surface area contributed by atoms with Crippen molar-refractivity contribution < 1.29 is 4.74 Å². The number of aromatic nitrogens is 2. The van der Waals surface area contributed by atoms with Gasteiger partial charge in [0, 0.05) is 23.9 Å². The number of hydrogen-bond acceptors (Lipinski definition) is 4. The molecule has 1 aromatic carbocycles. The zero-order valence-corrected chi connectivity index (χ0v) is 9.47. The summed E-state index contributed by atoms with van der Waals surface area (Å²) in [6.07, 6.45) is 2.32. The third-order valence-corrected chi connectivity index (χ3v) is 2.44. The number of ether oxygens (including phenoxy) is 1. The van der Waals surface area contributed by atoms with E-state index in [0.717, 1.165) is 28.8 Å². The third-order valence-electron chi connectivity index (χ3n) is 2.44.